The molecule has 28 heavy (non-hydrogen) atoms. The Morgan fingerprint density at radius 1 is 1.00 bits per heavy atom. The van der Waals surface area contributed by atoms with Crippen LogP contribution in [-0.2, 0) is 23.8 Å². The van der Waals surface area contributed by atoms with E-state index in [1.54, 1.807) is 56.5 Å². The monoisotopic (exact) mass is 404 g/mol. The minimum absolute atomic E-state index is 0.0791. The Morgan fingerprint density at radius 2 is 1.61 bits per heavy atom. The quantitative estimate of drug-likeness (QED) is 0.380. The molecule has 0 heterocycles. The van der Waals surface area contributed by atoms with Crippen LogP contribution < -0.4 is 4.74 Å². The molecule has 150 valence electrons. The molecule has 0 aromatic heterocycles. The summed E-state index contributed by atoms with van der Waals surface area (Å²) < 4.78 is 40.5. The Labute approximate surface area is 165 Å². The summed E-state index contributed by atoms with van der Waals surface area (Å²) in [7, 11) is -1.13. The van der Waals surface area contributed by atoms with Crippen LogP contribution >= 0.6 is 0 Å². The van der Waals surface area contributed by atoms with Gasteiger partial charge in [-0.15, -0.1) is 0 Å². The molecule has 0 aliphatic rings. The molecule has 0 spiro atoms. The second-order valence-corrected chi connectivity index (χ2v) is 7.82. The zero-order chi connectivity index (χ0) is 20.7. The van der Waals surface area contributed by atoms with Crippen LogP contribution in [0.2, 0.25) is 0 Å². The van der Waals surface area contributed by atoms with E-state index >= 15 is 0 Å². The highest BCUT2D eigenvalue weighted by Crippen LogP contribution is 2.28. The number of benzene rings is 2. The molecule has 6 nitrogen and oxygen atoms in total. The van der Waals surface area contributed by atoms with E-state index < -0.39 is 28.1 Å². The lowest BCUT2D eigenvalue weighted by atomic mass is 9.93. The molecule has 2 rings (SSSR count). The number of carbonyl (C=O) groups is 1. The van der Waals surface area contributed by atoms with E-state index in [4.69, 9.17) is 8.92 Å². The number of carbonyl (C=O) groups excluding carboxylic acids is 1. The first-order valence-electron chi connectivity index (χ1n) is 8.67. The SMILES string of the molecule is COC(=O)/C=C/[C@@H](c1ccc(OC)cc1)[C@H](C)OS(=O)(=O)c1ccc(C)cc1. The van der Waals surface area contributed by atoms with Crippen molar-refractivity contribution in [1.29, 1.82) is 0 Å². The molecule has 2 aromatic carbocycles. The maximum absolute atomic E-state index is 12.6. The topological polar surface area (TPSA) is 78.9 Å². The molecular weight excluding hydrogens is 380 g/mol. The zero-order valence-electron chi connectivity index (χ0n) is 16.3. The molecule has 0 aliphatic heterocycles. The van der Waals surface area contributed by atoms with Crippen LogP contribution in [0.25, 0.3) is 0 Å². The van der Waals surface area contributed by atoms with Gasteiger partial charge >= 0.3 is 5.97 Å². The van der Waals surface area contributed by atoms with Crippen molar-refractivity contribution in [1.82, 2.24) is 0 Å². The fraction of sp³-hybridized carbons (Fsp3) is 0.286. The first-order valence-corrected chi connectivity index (χ1v) is 10.1. The van der Waals surface area contributed by atoms with Gasteiger partial charge in [-0.2, -0.15) is 8.42 Å². The molecule has 2 atom stereocenters. The van der Waals surface area contributed by atoms with Crippen molar-refractivity contribution in [2.24, 2.45) is 0 Å². The molecule has 0 saturated carbocycles. The number of rotatable bonds is 8. The summed E-state index contributed by atoms with van der Waals surface area (Å²) in [5, 5.41) is 0. The number of aryl methyl sites for hydroxylation is 1. The molecule has 0 saturated heterocycles. The number of ether oxygens (including phenoxy) is 2. The van der Waals surface area contributed by atoms with Gasteiger partial charge in [-0.05, 0) is 43.7 Å². The molecule has 0 radical (unpaired) electrons. The lowest BCUT2D eigenvalue weighted by Gasteiger charge is -2.22. The van der Waals surface area contributed by atoms with Gasteiger partial charge in [0.2, 0.25) is 0 Å². The highest BCUT2D eigenvalue weighted by Gasteiger charge is 2.25. The number of methoxy groups -OCH3 is 2. The van der Waals surface area contributed by atoms with Gasteiger partial charge < -0.3 is 9.47 Å². The summed E-state index contributed by atoms with van der Waals surface area (Å²) in [6, 6.07) is 13.5. The van der Waals surface area contributed by atoms with Crippen molar-refractivity contribution in [3.8, 4) is 5.75 Å². The van der Waals surface area contributed by atoms with Gasteiger partial charge in [0, 0.05) is 12.0 Å². The smallest absolute Gasteiger partial charge is 0.330 e. The van der Waals surface area contributed by atoms with Crippen molar-refractivity contribution < 1.29 is 26.9 Å². The molecule has 0 aliphatic carbocycles. The van der Waals surface area contributed by atoms with Crippen molar-refractivity contribution in [3.63, 3.8) is 0 Å². The number of hydrogen-bond acceptors (Lipinski definition) is 6. The fourth-order valence-electron chi connectivity index (χ4n) is 2.64. The van der Waals surface area contributed by atoms with E-state index in [0.717, 1.165) is 11.1 Å². The van der Waals surface area contributed by atoms with E-state index in [1.807, 2.05) is 6.92 Å². The van der Waals surface area contributed by atoms with E-state index in [1.165, 1.54) is 25.3 Å². The normalized spacial score (nSPS) is 13.9. The summed E-state index contributed by atoms with van der Waals surface area (Å²) in [6.45, 7) is 3.51. The van der Waals surface area contributed by atoms with Gasteiger partial charge in [0.15, 0.2) is 0 Å². The third-order valence-corrected chi connectivity index (χ3v) is 5.64. The van der Waals surface area contributed by atoms with E-state index in [-0.39, 0.29) is 4.90 Å². The minimum Gasteiger partial charge on any atom is -0.497 e. The van der Waals surface area contributed by atoms with Crippen LogP contribution in [-0.4, -0.2) is 34.7 Å². The van der Waals surface area contributed by atoms with E-state index in [0.29, 0.717) is 5.75 Å². The lowest BCUT2D eigenvalue weighted by molar-refractivity contribution is -0.134. The molecule has 0 amide bonds. The average molecular weight is 404 g/mol. The van der Waals surface area contributed by atoms with Crippen molar-refractivity contribution in [2.45, 2.75) is 30.8 Å². The third kappa shape index (κ3) is 5.68. The summed E-state index contributed by atoms with van der Waals surface area (Å²) >= 11 is 0. The fourth-order valence-corrected chi connectivity index (χ4v) is 3.74. The van der Waals surface area contributed by atoms with Crippen LogP contribution in [0.4, 0.5) is 0 Å². The highest BCUT2D eigenvalue weighted by atomic mass is 32.2. The lowest BCUT2D eigenvalue weighted by Crippen LogP contribution is -2.22. The van der Waals surface area contributed by atoms with Crippen molar-refractivity contribution in [2.75, 3.05) is 14.2 Å². The maximum Gasteiger partial charge on any atom is 0.330 e. The maximum atomic E-state index is 12.6. The van der Waals surface area contributed by atoms with Crippen molar-refractivity contribution in [3.05, 3.63) is 71.8 Å². The predicted octanol–water partition coefficient (Wildman–Crippen LogP) is 3.61. The van der Waals surface area contributed by atoms with E-state index in [9.17, 15) is 13.2 Å². The van der Waals surface area contributed by atoms with Gasteiger partial charge in [0.05, 0.1) is 25.2 Å². The van der Waals surface area contributed by atoms with Crippen molar-refractivity contribution >= 4 is 16.1 Å². The minimum atomic E-state index is -3.96. The van der Waals surface area contributed by atoms with Crippen LogP contribution in [0.3, 0.4) is 0 Å². The first-order chi connectivity index (χ1) is 13.3. The molecule has 7 heteroatoms. The first kappa shape index (κ1) is 21.7. The predicted molar refractivity (Wildman–Crippen MR) is 106 cm³/mol. The Hall–Kier alpha value is -2.64. The van der Waals surface area contributed by atoms with Gasteiger partial charge in [-0.1, -0.05) is 35.9 Å². The second-order valence-electron chi connectivity index (χ2n) is 6.25. The Morgan fingerprint density at radius 3 is 2.14 bits per heavy atom. The largest absolute Gasteiger partial charge is 0.497 e. The standard InChI is InChI=1S/C21H24O6S/c1-15-5-11-19(12-6-15)28(23,24)27-16(2)20(13-14-21(22)26-4)17-7-9-18(25-3)10-8-17/h5-14,16,20H,1-4H3/b14-13+/t16-,20+/m0/s1. The Bertz CT molecular complexity index is 914. The van der Waals surface area contributed by atoms with Crippen LogP contribution in [0.15, 0.2) is 65.6 Å². The molecule has 0 bridgehead atoms. The van der Waals surface area contributed by atoms with Crippen LogP contribution in [0, 0.1) is 6.92 Å². The van der Waals surface area contributed by atoms with Gasteiger partial charge in [0.25, 0.3) is 10.1 Å². The summed E-state index contributed by atoms with van der Waals surface area (Å²) in [4.78, 5) is 11.6. The molecular formula is C21H24O6S. The molecule has 2 aromatic rings. The van der Waals surface area contributed by atoms with Crippen LogP contribution in [0.5, 0.6) is 5.75 Å². The zero-order valence-corrected chi connectivity index (χ0v) is 17.1. The van der Waals surface area contributed by atoms with Gasteiger partial charge in [-0.3, -0.25) is 4.18 Å². The molecule has 0 unspecified atom stereocenters. The highest BCUT2D eigenvalue weighted by molar-refractivity contribution is 7.86. The summed E-state index contributed by atoms with van der Waals surface area (Å²) in [5.74, 6) is -0.363. The van der Waals surface area contributed by atoms with Gasteiger partial charge in [-0.25, -0.2) is 4.79 Å². The average Bonchev–Trinajstić information content (AvgIpc) is 2.68. The molecule has 0 fully saturated rings. The third-order valence-electron chi connectivity index (χ3n) is 4.24. The molecule has 0 N–H and O–H groups in total. The van der Waals surface area contributed by atoms with Gasteiger partial charge in [0.1, 0.15) is 5.75 Å². The summed E-state index contributed by atoms with van der Waals surface area (Å²) in [6.07, 6.45) is 2.07. The number of hydrogen-bond donors (Lipinski definition) is 0. The number of esters is 1. The van der Waals surface area contributed by atoms with E-state index in [2.05, 4.69) is 4.74 Å². The Kier molecular flexibility index (Phi) is 7.37. The Balaban J connectivity index is 2.31. The van der Waals surface area contributed by atoms with Crippen LogP contribution in [0.1, 0.15) is 24.0 Å². The summed E-state index contributed by atoms with van der Waals surface area (Å²) in [5.41, 5.74) is 1.72. The second kappa shape index (κ2) is 9.52.